The van der Waals surface area contributed by atoms with E-state index in [1.54, 1.807) is 0 Å². The Morgan fingerprint density at radius 1 is 1.71 bits per heavy atom. The van der Waals surface area contributed by atoms with Crippen LogP contribution in [0.25, 0.3) is 0 Å². The summed E-state index contributed by atoms with van der Waals surface area (Å²) in [6.07, 6.45) is 0. The molecule has 5 nitrogen and oxygen atoms in total. The van der Waals surface area contributed by atoms with Gasteiger partial charge in [0.25, 0.3) is 0 Å². The van der Waals surface area contributed by atoms with Gasteiger partial charge < -0.3 is 4.55 Å². The lowest BCUT2D eigenvalue weighted by atomic mass is 14.0. The van der Waals surface area contributed by atoms with E-state index in [1.807, 2.05) is 0 Å². The SMILES string of the molecule is N[S+]([O-])S(=O)(=O)O. The summed E-state index contributed by atoms with van der Waals surface area (Å²) in [5.41, 5.74) is 0. The molecule has 44 valence electrons. The van der Waals surface area contributed by atoms with Gasteiger partial charge in [-0.15, -0.1) is 13.6 Å². The van der Waals surface area contributed by atoms with Crippen molar-refractivity contribution in [3.8, 4) is 0 Å². The van der Waals surface area contributed by atoms with E-state index in [2.05, 4.69) is 5.14 Å². The molecule has 0 radical (unpaired) electrons. The predicted octanol–water partition coefficient (Wildman–Crippen LogP) is -1.59. The minimum atomic E-state index is -4.49. The van der Waals surface area contributed by atoms with Crippen LogP contribution < -0.4 is 5.14 Å². The summed E-state index contributed by atoms with van der Waals surface area (Å²) >= 11 is 0. The van der Waals surface area contributed by atoms with E-state index in [0.717, 1.165) is 0 Å². The molecule has 0 aromatic carbocycles. The number of hydrogen-bond acceptors (Lipinski definition) is 4. The zero-order valence-corrected chi connectivity index (χ0v) is 4.70. The lowest BCUT2D eigenvalue weighted by Gasteiger charge is -1.92. The van der Waals surface area contributed by atoms with Crippen LogP contribution in [0.15, 0.2) is 0 Å². The smallest absolute Gasteiger partial charge is 0.465 e. The van der Waals surface area contributed by atoms with Gasteiger partial charge in [0.1, 0.15) is 0 Å². The van der Waals surface area contributed by atoms with E-state index in [4.69, 9.17) is 4.55 Å². The van der Waals surface area contributed by atoms with Gasteiger partial charge in [0.2, 0.25) is 0 Å². The summed E-state index contributed by atoms with van der Waals surface area (Å²) in [7, 11) is -7.15. The average molecular weight is 145 g/mol. The van der Waals surface area contributed by atoms with Crippen LogP contribution in [-0.2, 0) is 19.5 Å². The van der Waals surface area contributed by atoms with E-state index in [9.17, 15) is 13.0 Å². The molecule has 1 unspecified atom stereocenters. The molecule has 0 saturated heterocycles. The highest BCUT2D eigenvalue weighted by atomic mass is 33.2. The molecule has 0 spiro atoms. The summed E-state index contributed by atoms with van der Waals surface area (Å²) in [4.78, 5) is 0. The van der Waals surface area contributed by atoms with Gasteiger partial charge in [0.15, 0.2) is 10.4 Å². The fraction of sp³-hybridized carbons (Fsp3) is 0. The van der Waals surface area contributed by atoms with Gasteiger partial charge in [-0.2, -0.15) is 0 Å². The standard InChI is InChI=1S/H3NO4S2/c1-6(2)7(3,4)5/h1H2,(H,3,4,5). The molecular weight excluding hydrogens is 142 g/mol. The van der Waals surface area contributed by atoms with Crippen LogP contribution >= 0.6 is 0 Å². The summed E-state index contributed by atoms with van der Waals surface area (Å²) < 4.78 is 36.1. The van der Waals surface area contributed by atoms with Crippen molar-refractivity contribution in [2.24, 2.45) is 5.14 Å². The average Bonchev–Trinajstić information content (AvgIpc) is 1.31. The first-order valence-corrected chi connectivity index (χ1v) is 4.25. The van der Waals surface area contributed by atoms with Crippen molar-refractivity contribution in [2.75, 3.05) is 0 Å². The lowest BCUT2D eigenvalue weighted by Crippen LogP contribution is -2.22. The maximum Gasteiger partial charge on any atom is 0.465 e. The van der Waals surface area contributed by atoms with Crippen molar-refractivity contribution in [1.29, 1.82) is 0 Å². The van der Waals surface area contributed by atoms with E-state index in [-0.39, 0.29) is 0 Å². The Labute approximate surface area is 43.0 Å². The molecular formula is H3NO4S2. The third-order valence-corrected chi connectivity index (χ3v) is 1.87. The fourth-order valence-corrected chi connectivity index (χ4v) is 0. The van der Waals surface area contributed by atoms with Crippen LogP contribution in [0, 0.1) is 0 Å². The van der Waals surface area contributed by atoms with Crippen LogP contribution in [0.3, 0.4) is 0 Å². The monoisotopic (exact) mass is 145 g/mol. The van der Waals surface area contributed by atoms with Gasteiger partial charge >= 0.3 is 9.15 Å². The predicted molar refractivity (Wildman–Crippen MR) is 23.9 cm³/mol. The third kappa shape index (κ3) is 2.83. The third-order valence-electron chi connectivity index (χ3n) is 0.208. The van der Waals surface area contributed by atoms with Crippen molar-refractivity contribution in [3.05, 3.63) is 0 Å². The van der Waals surface area contributed by atoms with Crippen molar-refractivity contribution in [1.82, 2.24) is 0 Å². The summed E-state index contributed by atoms with van der Waals surface area (Å²) in [5, 5.41) is 4.20. The van der Waals surface area contributed by atoms with Gasteiger partial charge in [-0.1, -0.05) is 0 Å². The van der Waals surface area contributed by atoms with Gasteiger partial charge in [-0.3, -0.25) is 0 Å². The highest BCUT2D eigenvalue weighted by Crippen LogP contribution is 1.86. The van der Waals surface area contributed by atoms with Crippen LogP contribution in [0.4, 0.5) is 0 Å². The molecule has 7 heavy (non-hydrogen) atoms. The Balaban J connectivity index is 4.10. The molecule has 0 aliphatic carbocycles. The molecule has 0 aliphatic rings. The molecule has 0 heterocycles. The molecule has 0 aromatic heterocycles. The Morgan fingerprint density at radius 3 is 1.86 bits per heavy atom. The fourth-order valence-electron chi connectivity index (χ4n) is 0. The highest BCUT2D eigenvalue weighted by molar-refractivity contribution is 8.64. The Bertz CT molecular complexity index is 132. The van der Waals surface area contributed by atoms with Crippen molar-refractivity contribution in [2.45, 2.75) is 0 Å². The second-order valence-corrected chi connectivity index (χ2v) is 4.31. The van der Waals surface area contributed by atoms with Crippen molar-refractivity contribution >= 4 is 19.5 Å². The molecule has 0 bridgehead atoms. The summed E-state index contributed by atoms with van der Waals surface area (Å²) in [5.74, 6) is 0. The number of hydrogen-bond donors (Lipinski definition) is 2. The van der Waals surface area contributed by atoms with E-state index in [0.29, 0.717) is 0 Å². The van der Waals surface area contributed by atoms with E-state index in [1.165, 1.54) is 0 Å². The Kier molecular flexibility index (Phi) is 2.02. The first kappa shape index (κ1) is 7.18. The highest BCUT2D eigenvalue weighted by Gasteiger charge is 2.17. The quantitative estimate of drug-likeness (QED) is 0.263. The van der Waals surface area contributed by atoms with Crippen LogP contribution in [0.1, 0.15) is 0 Å². The van der Waals surface area contributed by atoms with Gasteiger partial charge in [0.05, 0.1) is 0 Å². The number of rotatable bonds is 1. The molecule has 3 N–H and O–H groups in total. The number of nitrogens with two attached hydrogens (primary N) is 1. The molecule has 0 fully saturated rings. The maximum absolute atomic E-state index is 9.52. The van der Waals surface area contributed by atoms with E-state index < -0.39 is 19.5 Å². The molecule has 0 aromatic rings. The first-order chi connectivity index (χ1) is 2.94. The Hall–Kier alpha value is 0.180. The first-order valence-electron chi connectivity index (χ1n) is 1.08. The Morgan fingerprint density at radius 2 is 1.86 bits per heavy atom. The summed E-state index contributed by atoms with van der Waals surface area (Å²) in [6.45, 7) is 0. The zero-order chi connectivity index (χ0) is 6.08. The van der Waals surface area contributed by atoms with Crippen LogP contribution in [-0.4, -0.2) is 17.5 Å². The molecule has 0 rings (SSSR count). The minimum Gasteiger partial charge on any atom is -0.581 e. The van der Waals surface area contributed by atoms with Crippen LogP contribution in [0.5, 0.6) is 0 Å². The lowest BCUT2D eigenvalue weighted by molar-refractivity contribution is 0.493. The maximum atomic E-state index is 9.52. The zero-order valence-electron chi connectivity index (χ0n) is 3.07. The van der Waals surface area contributed by atoms with Gasteiger partial charge in [0, 0.05) is 0 Å². The normalized spacial score (nSPS) is 16.4. The molecule has 1 atom stereocenters. The molecule has 7 heteroatoms. The largest absolute Gasteiger partial charge is 0.581 e. The molecule has 0 amide bonds. The van der Waals surface area contributed by atoms with E-state index >= 15 is 0 Å². The van der Waals surface area contributed by atoms with Gasteiger partial charge in [-0.25, -0.2) is 4.55 Å². The van der Waals surface area contributed by atoms with Gasteiger partial charge in [-0.05, 0) is 0 Å². The van der Waals surface area contributed by atoms with Crippen molar-refractivity contribution < 1.29 is 17.5 Å². The minimum absolute atomic E-state index is 2.66. The van der Waals surface area contributed by atoms with Crippen LogP contribution in [0.2, 0.25) is 0 Å². The second kappa shape index (κ2) is 1.97. The summed E-state index contributed by atoms with van der Waals surface area (Å²) in [6, 6.07) is 0. The topological polar surface area (TPSA) is 103 Å². The second-order valence-electron chi connectivity index (χ2n) is 0.688. The van der Waals surface area contributed by atoms with Crippen molar-refractivity contribution in [3.63, 3.8) is 0 Å². The molecule has 0 aliphatic heterocycles. The molecule has 0 saturated carbocycles.